The Balaban J connectivity index is 2.96. The fourth-order valence-corrected chi connectivity index (χ4v) is 1.82. The van der Waals surface area contributed by atoms with Gasteiger partial charge in [0.2, 0.25) is 0 Å². The Morgan fingerprint density at radius 3 is 2.71 bits per heavy atom. The zero-order valence-corrected chi connectivity index (χ0v) is 10.9. The number of nitrogens with zero attached hydrogens (tertiary/aromatic N) is 3. The van der Waals surface area contributed by atoms with Gasteiger partial charge < -0.3 is 4.74 Å². The Bertz CT molecular complexity index is 423. The van der Waals surface area contributed by atoms with E-state index >= 15 is 0 Å². The number of hydrogen-bond acceptors (Lipinski definition) is 4. The van der Waals surface area contributed by atoms with Gasteiger partial charge in [0.1, 0.15) is 5.75 Å². The second-order valence-corrected chi connectivity index (χ2v) is 4.01. The first kappa shape index (κ1) is 13.5. The monoisotopic (exact) mass is 233 g/mol. The second kappa shape index (κ2) is 6.21. The van der Waals surface area contributed by atoms with Crippen molar-refractivity contribution in [1.82, 2.24) is 9.88 Å². The van der Waals surface area contributed by atoms with Crippen LogP contribution >= 0.6 is 0 Å². The van der Waals surface area contributed by atoms with Crippen LogP contribution in [0.25, 0.3) is 0 Å². The molecule has 0 N–H and O–H groups in total. The maximum Gasteiger partial charge on any atom is 0.128 e. The smallest absolute Gasteiger partial charge is 0.128 e. The van der Waals surface area contributed by atoms with E-state index in [0.717, 1.165) is 29.1 Å². The molecule has 17 heavy (non-hydrogen) atoms. The molecule has 4 nitrogen and oxygen atoms in total. The molecule has 0 aliphatic heterocycles. The van der Waals surface area contributed by atoms with Gasteiger partial charge in [-0.1, -0.05) is 6.92 Å². The lowest BCUT2D eigenvalue weighted by molar-refractivity contribution is 0.308. The molecule has 0 atom stereocenters. The molecule has 0 bridgehead atoms. The third-order valence-electron chi connectivity index (χ3n) is 2.86. The van der Waals surface area contributed by atoms with E-state index in [0.29, 0.717) is 13.1 Å². The summed E-state index contributed by atoms with van der Waals surface area (Å²) < 4.78 is 5.37. The average Bonchev–Trinajstić information content (AvgIpc) is 2.32. The minimum Gasteiger partial charge on any atom is -0.496 e. The highest BCUT2D eigenvalue weighted by molar-refractivity contribution is 5.41. The van der Waals surface area contributed by atoms with Gasteiger partial charge in [-0.15, -0.1) is 0 Å². The number of ether oxygens (including phenoxy) is 1. The number of methoxy groups -OCH3 is 1. The van der Waals surface area contributed by atoms with E-state index in [-0.39, 0.29) is 0 Å². The zero-order chi connectivity index (χ0) is 12.8. The number of hydrogen-bond donors (Lipinski definition) is 0. The van der Waals surface area contributed by atoms with Gasteiger partial charge in [0.25, 0.3) is 0 Å². The molecular formula is C13H19N3O. The van der Waals surface area contributed by atoms with Crippen LogP contribution < -0.4 is 4.74 Å². The van der Waals surface area contributed by atoms with Gasteiger partial charge >= 0.3 is 0 Å². The highest BCUT2D eigenvalue weighted by Crippen LogP contribution is 2.24. The molecular weight excluding hydrogens is 214 g/mol. The van der Waals surface area contributed by atoms with Crippen molar-refractivity contribution in [2.45, 2.75) is 27.3 Å². The maximum atomic E-state index is 8.72. The molecule has 0 radical (unpaired) electrons. The Morgan fingerprint density at radius 2 is 2.18 bits per heavy atom. The molecule has 1 aromatic heterocycles. The van der Waals surface area contributed by atoms with E-state index in [1.54, 1.807) is 7.11 Å². The molecule has 1 aromatic rings. The predicted octanol–water partition coefficient (Wildman–Crippen LogP) is 2.05. The van der Waals surface area contributed by atoms with E-state index in [1.807, 2.05) is 31.9 Å². The highest BCUT2D eigenvalue weighted by Gasteiger charge is 2.12. The van der Waals surface area contributed by atoms with Gasteiger partial charge in [0, 0.05) is 23.9 Å². The number of rotatable bonds is 5. The minimum atomic E-state index is 0.424. The lowest BCUT2D eigenvalue weighted by Crippen LogP contribution is -2.24. The van der Waals surface area contributed by atoms with Gasteiger partial charge in [0.15, 0.2) is 0 Å². The van der Waals surface area contributed by atoms with Gasteiger partial charge in [-0.25, -0.2) is 0 Å². The fraction of sp³-hybridized carbons (Fsp3) is 0.538. The molecule has 0 amide bonds. The molecule has 0 fully saturated rings. The molecule has 92 valence electrons. The number of aromatic nitrogens is 1. The molecule has 4 heteroatoms. The molecule has 0 saturated carbocycles. The van der Waals surface area contributed by atoms with Crippen LogP contribution in [0.5, 0.6) is 5.75 Å². The molecule has 0 unspecified atom stereocenters. The Morgan fingerprint density at radius 1 is 1.47 bits per heavy atom. The quantitative estimate of drug-likeness (QED) is 0.730. The first-order valence-corrected chi connectivity index (χ1v) is 5.72. The topological polar surface area (TPSA) is 49.2 Å². The standard InChI is InChI=1S/C13H19N3O/c1-5-16(7-6-14)9-12-11(3)13(17-4)10(2)8-15-12/h8H,5,7,9H2,1-4H3. The summed E-state index contributed by atoms with van der Waals surface area (Å²) in [5.74, 6) is 0.892. The molecule has 0 spiro atoms. The largest absolute Gasteiger partial charge is 0.496 e. The maximum absolute atomic E-state index is 8.72. The summed E-state index contributed by atoms with van der Waals surface area (Å²) in [6, 6.07) is 2.17. The fourth-order valence-electron chi connectivity index (χ4n) is 1.82. The molecule has 0 aliphatic carbocycles. The summed E-state index contributed by atoms with van der Waals surface area (Å²) in [6.07, 6.45) is 1.82. The normalized spacial score (nSPS) is 10.4. The first-order chi connectivity index (χ1) is 8.13. The van der Waals surface area contributed by atoms with Gasteiger partial charge in [0.05, 0.1) is 25.4 Å². The van der Waals surface area contributed by atoms with Crippen LogP contribution in [0.2, 0.25) is 0 Å². The third-order valence-corrected chi connectivity index (χ3v) is 2.86. The van der Waals surface area contributed by atoms with E-state index in [4.69, 9.17) is 10.00 Å². The molecule has 0 aromatic carbocycles. The van der Waals surface area contributed by atoms with Crippen LogP contribution in [0.15, 0.2) is 6.20 Å². The van der Waals surface area contributed by atoms with Crippen molar-refractivity contribution >= 4 is 0 Å². The van der Waals surface area contributed by atoms with Crippen LogP contribution in [-0.2, 0) is 6.54 Å². The van der Waals surface area contributed by atoms with Crippen LogP contribution in [0, 0.1) is 25.2 Å². The highest BCUT2D eigenvalue weighted by atomic mass is 16.5. The SMILES string of the molecule is CCN(CC#N)Cc1ncc(C)c(OC)c1C. The van der Waals surface area contributed by atoms with E-state index in [1.165, 1.54) is 0 Å². The molecule has 1 heterocycles. The first-order valence-electron chi connectivity index (χ1n) is 5.72. The van der Waals surface area contributed by atoms with Crippen molar-refractivity contribution in [2.24, 2.45) is 0 Å². The zero-order valence-electron chi connectivity index (χ0n) is 10.9. The second-order valence-electron chi connectivity index (χ2n) is 4.01. The van der Waals surface area contributed by atoms with E-state index in [9.17, 15) is 0 Å². The van der Waals surface area contributed by atoms with Crippen LogP contribution in [0.3, 0.4) is 0 Å². The Labute approximate surface area is 103 Å². The van der Waals surface area contributed by atoms with Crippen molar-refractivity contribution in [1.29, 1.82) is 5.26 Å². The van der Waals surface area contributed by atoms with E-state index < -0.39 is 0 Å². The summed E-state index contributed by atoms with van der Waals surface area (Å²) in [5.41, 5.74) is 3.07. The van der Waals surface area contributed by atoms with Gasteiger partial charge in [-0.3, -0.25) is 9.88 Å². The number of aryl methyl sites for hydroxylation is 1. The summed E-state index contributed by atoms with van der Waals surface area (Å²) in [6.45, 7) is 7.98. The molecule has 1 rings (SSSR count). The van der Waals surface area contributed by atoms with E-state index in [2.05, 4.69) is 11.1 Å². The molecule has 0 saturated heterocycles. The predicted molar refractivity (Wildman–Crippen MR) is 66.8 cm³/mol. The summed E-state index contributed by atoms with van der Waals surface area (Å²) >= 11 is 0. The van der Waals surface area contributed by atoms with Crippen molar-refractivity contribution in [3.05, 3.63) is 23.0 Å². The third kappa shape index (κ3) is 3.18. The van der Waals surface area contributed by atoms with Crippen molar-refractivity contribution < 1.29 is 4.74 Å². The lowest BCUT2D eigenvalue weighted by Gasteiger charge is -2.19. The van der Waals surface area contributed by atoms with Gasteiger partial charge in [-0.2, -0.15) is 5.26 Å². The number of pyridine rings is 1. The Kier molecular flexibility index (Phi) is 4.92. The van der Waals surface area contributed by atoms with Crippen LogP contribution in [0.1, 0.15) is 23.7 Å². The minimum absolute atomic E-state index is 0.424. The van der Waals surface area contributed by atoms with Crippen LogP contribution in [0.4, 0.5) is 0 Å². The van der Waals surface area contributed by atoms with Crippen molar-refractivity contribution in [3.8, 4) is 11.8 Å². The van der Waals surface area contributed by atoms with Crippen molar-refractivity contribution in [2.75, 3.05) is 20.2 Å². The van der Waals surface area contributed by atoms with Crippen molar-refractivity contribution in [3.63, 3.8) is 0 Å². The lowest BCUT2D eigenvalue weighted by atomic mass is 10.1. The molecule has 0 aliphatic rings. The Hall–Kier alpha value is -1.60. The summed E-state index contributed by atoms with van der Waals surface area (Å²) in [7, 11) is 1.67. The van der Waals surface area contributed by atoms with Gasteiger partial charge in [-0.05, 0) is 20.4 Å². The summed E-state index contributed by atoms with van der Waals surface area (Å²) in [5, 5.41) is 8.72. The summed E-state index contributed by atoms with van der Waals surface area (Å²) in [4.78, 5) is 6.47. The average molecular weight is 233 g/mol. The number of nitriles is 1. The van der Waals surface area contributed by atoms with Crippen LogP contribution in [-0.4, -0.2) is 30.1 Å².